The molecule has 18 heavy (non-hydrogen) atoms. The van der Waals surface area contributed by atoms with Gasteiger partial charge in [-0.15, -0.1) is 0 Å². The lowest BCUT2D eigenvalue weighted by Crippen LogP contribution is -2.34. The Kier molecular flexibility index (Phi) is 3.07. The Morgan fingerprint density at radius 3 is 2.67 bits per heavy atom. The molecule has 1 saturated carbocycles. The van der Waals surface area contributed by atoms with E-state index in [0.29, 0.717) is 12.8 Å². The maximum atomic E-state index is 13.3. The predicted octanol–water partition coefficient (Wildman–Crippen LogP) is 1.73. The first-order valence-corrected chi connectivity index (χ1v) is 5.73. The van der Waals surface area contributed by atoms with Gasteiger partial charge in [-0.3, -0.25) is 9.59 Å². The molecule has 4 nitrogen and oxygen atoms in total. The third-order valence-corrected chi connectivity index (χ3v) is 3.41. The summed E-state index contributed by atoms with van der Waals surface area (Å²) in [4.78, 5) is 22.8. The Hall–Kier alpha value is -1.91. The SMILES string of the molecule is Cc1c(F)cccc1C(=O)NCC1(C(=O)O)CC1. The highest BCUT2D eigenvalue weighted by atomic mass is 19.1. The first-order valence-electron chi connectivity index (χ1n) is 5.73. The molecule has 1 amide bonds. The van der Waals surface area contributed by atoms with Crippen molar-refractivity contribution in [1.82, 2.24) is 5.32 Å². The number of halogens is 1. The molecule has 0 saturated heterocycles. The van der Waals surface area contributed by atoms with Gasteiger partial charge >= 0.3 is 5.97 Å². The smallest absolute Gasteiger partial charge is 0.311 e. The van der Waals surface area contributed by atoms with Gasteiger partial charge in [0.25, 0.3) is 5.91 Å². The molecular formula is C13H14FNO3. The van der Waals surface area contributed by atoms with Crippen LogP contribution in [-0.2, 0) is 4.79 Å². The van der Waals surface area contributed by atoms with Gasteiger partial charge in [0.05, 0.1) is 5.41 Å². The van der Waals surface area contributed by atoms with Gasteiger partial charge in [0.15, 0.2) is 0 Å². The number of nitrogens with one attached hydrogen (secondary N) is 1. The van der Waals surface area contributed by atoms with E-state index in [9.17, 15) is 14.0 Å². The van der Waals surface area contributed by atoms with Crippen LogP contribution in [0, 0.1) is 18.2 Å². The maximum absolute atomic E-state index is 13.3. The largest absolute Gasteiger partial charge is 0.481 e. The molecule has 0 aliphatic heterocycles. The molecule has 1 aliphatic rings. The van der Waals surface area contributed by atoms with Crippen LogP contribution in [0.15, 0.2) is 18.2 Å². The van der Waals surface area contributed by atoms with Crippen LogP contribution >= 0.6 is 0 Å². The van der Waals surface area contributed by atoms with Gasteiger partial charge in [-0.2, -0.15) is 0 Å². The minimum Gasteiger partial charge on any atom is -0.481 e. The maximum Gasteiger partial charge on any atom is 0.311 e. The second kappa shape index (κ2) is 4.40. The molecule has 1 aromatic carbocycles. The predicted molar refractivity (Wildman–Crippen MR) is 62.8 cm³/mol. The van der Waals surface area contributed by atoms with E-state index in [1.54, 1.807) is 0 Å². The third kappa shape index (κ3) is 2.20. The van der Waals surface area contributed by atoms with Gasteiger partial charge in [0, 0.05) is 12.1 Å². The molecule has 0 atom stereocenters. The zero-order valence-corrected chi connectivity index (χ0v) is 10.00. The van der Waals surface area contributed by atoms with E-state index in [4.69, 9.17) is 5.11 Å². The summed E-state index contributed by atoms with van der Waals surface area (Å²) in [5.74, 6) is -1.76. The van der Waals surface area contributed by atoms with Crippen molar-refractivity contribution in [3.63, 3.8) is 0 Å². The van der Waals surface area contributed by atoms with Gasteiger partial charge in [-0.1, -0.05) is 6.07 Å². The fraction of sp³-hybridized carbons (Fsp3) is 0.385. The van der Waals surface area contributed by atoms with Crippen molar-refractivity contribution >= 4 is 11.9 Å². The van der Waals surface area contributed by atoms with E-state index in [1.807, 2.05) is 0 Å². The van der Waals surface area contributed by atoms with Gasteiger partial charge in [0.2, 0.25) is 0 Å². The highest BCUT2D eigenvalue weighted by Crippen LogP contribution is 2.45. The monoisotopic (exact) mass is 251 g/mol. The summed E-state index contributed by atoms with van der Waals surface area (Å²) in [6.45, 7) is 1.62. The van der Waals surface area contributed by atoms with Crippen molar-refractivity contribution in [2.45, 2.75) is 19.8 Å². The van der Waals surface area contributed by atoms with E-state index in [2.05, 4.69) is 5.32 Å². The summed E-state index contributed by atoms with van der Waals surface area (Å²) in [5.41, 5.74) is -0.289. The van der Waals surface area contributed by atoms with Crippen molar-refractivity contribution in [3.8, 4) is 0 Å². The molecule has 0 bridgehead atoms. The third-order valence-electron chi connectivity index (χ3n) is 3.41. The summed E-state index contributed by atoms with van der Waals surface area (Å²) in [6.07, 6.45) is 1.15. The lowest BCUT2D eigenvalue weighted by atomic mass is 10.1. The fourth-order valence-electron chi connectivity index (χ4n) is 1.82. The van der Waals surface area contributed by atoms with E-state index < -0.39 is 23.1 Å². The van der Waals surface area contributed by atoms with Crippen LogP contribution in [0.25, 0.3) is 0 Å². The van der Waals surface area contributed by atoms with Crippen molar-refractivity contribution in [2.75, 3.05) is 6.54 Å². The Balaban J connectivity index is 2.05. The minimum absolute atomic E-state index is 0.0944. The molecule has 96 valence electrons. The zero-order valence-electron chi connectivity index (χ0n) is 10.00. The van der Waals surface area contributed by atoms with Crippen LogP contribution in [-0.4, -0.2) is 23.5 Å². The van der Waals surface area contributed by atoms with E-state index in [1.165, 1.54) is 25.1 Å². The number of hydrogen-bond donors (Lipinski definition) is 2. The normalized spacial score (nSPS) is 16.1. The van der Waals surface area contributed by atoms with Crippen LogP contribution in [0.2, 0.25) is 0 Å². The molecular weight excluding hydrogens is 237 g/mol. The number of amides is 1. The lowest BCUT2D eigenvalue weighted by Gasteiger charge is -2.12. The van der Waals surface area contributed by atoms with E-state index in [-0.39, 0.29) is 17.7 Å². The van der Waals surface area contributed by atoms with Crippen molar-refractivity contribution in [3.05, 3.63) is 35.1 Å². The molecule has 1 fully saturated rings. The Morgan fingerprint density at radius 2 is 2.11 bits per heavy atom. The number of carbonyl (C=O) groups is 2. The van der Waals surface area contributed by atoms with Crippen LogP contribution in [0.3, 0.4) is 0 Å². The van der Waals surface area contributed by atoms with Gasteiger partial charge in [-0.25, -0.2) is 4.39 Å². The minimum atomic E-state index is -0.890. The number of aliphatic carboxylic acids is 1. The second-order valence-electron chi connectivity index (χ2n) is 4.68. The summed E-state index contributed by atoms with van der Waals surface area (Å²) >= 11 is 0. The molecule has 0 radical (unpaired) electrons. The number of carbonyl (C=O) groups excluding carboxylic acids is 1. The standard InChI is InChI=1S/C13H14FNO3/c1-8-9(3-2-4-10(8)14)11(16)15-7-13(5-6-13)12(17)18/h2-4H,5-7H2,1H3,(H,15,16)(H,17,18). The number of carboxylic acid groups (broad SMARTS) is 1. The average molecular weight is 251 g/mol. The van der Waals surface area contributed by atoms with Crippen LogP contribution in [0.1, 0.15) is 28.8 Å². The zero-order chi connectivity index (χ0) is 13.3. The summed E-state index contributed by atoms with van der Waals surface area (Å²) in [5, 5.41) is 11.5. The molecule has 1 aromatic rings. The van der Waals surface area contributed by atoms with E-state index >= 15 is 0 Å². The first-order chi connectivity index (χ1) is 8.46. The van der Waals surface area contributed by atoms with Crippen molar-refractivity contribution < 1.29 is 19.1 Å². The van der Waals surface area contributed by atoms with E-state index in [0.717, 1.165) is 0 Å². The molecule has 5 heteroatoms. The summed E-state index contributed by atoms with van der Waals surface area (Å²) < 4.78 is 13.3. The molecule has 0 spiro atoms. The summed E-state index contributed by atoms with van der Waals surface area (Å²) in [7, 11) is 0. The number of hydrogen-bond acceptors (Lipinski definition) is 2. The number of rotatable bonds is 4. The molecule has 0 unspecified atom stereocenters. The molecule has 0 heterocycles. The molecule has 2 N–H and O–H groups in total. The van der Waals surface area contributed by atoms with Crippen molar-refractivity contribution in [2.24, 2.45) is 5.41 Å². The quantitative estimate of drug-likeness (QED) is 0.856. The Bertz CT molecular complexity index is 509. The fourth-order valence-corrected chi connectivity index (χ4v) is 1.82. The Morgan fingerprint density at radius 1 is 1.44 bits per heavy atom. The molecule has 0 aromatic heterocycles. The van der Waals surface area contributed by atoms with Crippen LogP contribution in [0.4, 0.5) is 4.39 Å². The second-order valence-corrected chi connectivity index (χ2v) is 4.68. The summed E-state index contributed by atoms with van der Waals surface area (Å²) in [6, 6.07) is 4.27. The highest BCUT2D eigenvalue weighted by molar-refractivity contribution is 5.96. The topological polar surface area (TPSA) is 66.4 Å². The van der Waals surface area contributed by atoms with Crippen molar-refractivity contribution in [1.29, 1.82) is 0 Å². The first kappa shape index (κ1) is 12.5. The van der Waals surface area contributed by atoms with Gasteiger partial charge in [0.1, 0.15) is 5.82 Å². The number of benzene rings is 1. The Labute approximate surface area is 104 Å². The van der Waals surface area contributed by atoms with Crippen LogP contribution in [0.5, 0.6) is 0 Å². The molecule has 2 rings (SSSR count). The lowest BCUT2D eigenvalue weighted by molar-refractivity contribution is -0.143. The number of carboxylic acids is 1. The van der Waals surface area contributed by atoms with Gasteiger partial charge in [-0.05, 0) is 37.5 Å². The van der Waals surface area contributed by atoms with Gasteiger partial charge < -0.3 is 10.4 Å². The highest BCUT2D eigenvalue weighted by Gasteiger charge is 2.50. The average Bonchev–Trinajstić information content (AvgIpc) is 3.11. The van der Waals surface area contributed by atoms with Crippen LogP contribution < -0.4 is 5.32 Å². The molecule has 1 aliphatic carbocycles.